The van der Waals surface area contributed by atoms with Crippen molar-refractivity contribution < 1.29 is 14.3 Å². The molecule has 1 aliphatic heterocycles. The Hall–Kier alpha value is -1.10. The fourth-order valence-electron chi connectivity index (χ4n) is 2.51. The number of amides is 2. The zero-order valence-electron chi connectivity index (χ0n) is 15.7. The Morgan fingerprint density at radius 2 is 1.39 bits per heavy atom. The number of nitrogens with one attached hydrogen (secondary N) is 2. The van der Waals surface area contributed by atoms with E-state index in [9.17, 15) is 9.59 Å². The Morgan fingerprint density at radius 1 is 0.913 bits per heavy atom. The molecule has 2 N–H and O–H groups in total. The smallest absolute Gasteiger partial charge is 0.226 e. The number of ether oxygens (including phenoxy) is 1. The average molecular weight is 326 g/mol. The van der Waals surface area contributed by atoms with E-state index in [1.54, 1.807) is 0 Å². The second-order valence-corrected chi connectivity index (χ2v) is 9.15. The number of rotatable bonds is 5. The molecule has 0 aliphatic carbocycles. The normalized spacial score (nSPS) is 18.3. The number of hydrogen-bond acceptors (Lipinski definition) is 3. The minimum Gasteiger partial charge on any atom is -0.381 e. The first kappa shape index (κ1) is 19.9. The fraction of sp³-hybridized carbons (Fsp3) is 0.889. The highest BCUT2D eigenvalue weighted by Crippen LogP contribution is 2.35. The van der Waals surface area contributed by atoms with Gasteiger partial charge in [0, 0.05) is 32.7 Å². The number of hydrogen-bond donors (Lipinski definition) is 2. The SMILES string of the molecule is CC(C)(C)CNC(=O)CC1(C(=O)NCC(C)(C)C)CCOCC1. The van der Waals surface area contributed by atoms with Gasteiger partial charge in [-0.05, 0) is 23.7 Å². The first-order valence-electron chi connectivity index (χ1n) is 8.56. The third-order valence-corrected chi connectivity index (χ3v) is 4.03. The van der Waals surface area contributed by atoms with Crippen molar-refractivity contribution in [1.82, 2.24) is 10.6 Å². The highest BCUT2D eigenvalue weighted by Gasteiger charge is 2.42. The summed E-state index contributed by atoms with van der Waals surface area (Å²) in [6.07, 6.45) is 1.44. The lowest BCUT2D eigenvalue weighted by Crippen LogP contribution is -2.49. The molecule has 5 nitrogen and oxygen atoms in total. The van der Waals surface area contributed by atoms with Crippen molar-refractivity contribution >= 4 is 11.8 Å². The van der Waals surface area contributed by atoms with E-state index in [1.165, 1.54) is 0 Å². The highest BCUT2D eigenvalue weighted by molar-refractivity contribution is 5.89. The minimum atomic E-state index is -0.633. The van der Waals surface area contributed by atoms with Gasteiger partial charge in [-0.25, -0.2) is 0 Å². The lowest BCUT2D eigenvalue weighted by molar-refractivity contribution is -0.142. The number of carbonyl (C=O) groups excluding carboxylic acids is 2. The van der Waals surface area contributed by atoms with Gasteiger partial charge >= 0.3 is 0 Å². The van der Waals surface area contributed by atoms with Gasteiger partial charge in [-0.3, -0.25) is 9.59 Å². The van der Waals surface area contributed by atoms with Crippen LogP contribution in [-0.2, 0) is 14.3 Å². The van der Waals surface area contributed by atoms with Crippen LogP contribution in [0.1, 0.15) is 60.8 Å². The van der Waals surface area contributed by atoms with Crippen LogP contribution in [0.4, 0.5) is 0 Å². The molecule has 0 aromatic carbocycles. The summed E-state index contributed by atoms with van der Waals surface area (Å²) in [5.41, 5.74) is -0.574. The zero-order chi connectivity index (χ0) is 17.7. The zero-order valence-corrected chi connectivity index (χ0v) is 15.7. The summed E-state index contributed by atoms with van der Waals surface area (Å²) in [4.78, 5) is 25.1. The third kappa shape index (κ3) is 7.34. The van der Waals surface area contributed by atoms with Crippen LogP contribution in [0.2, 0.25) is 0 Å². The highest BCUT2D eigenvalue weighted by atomic mass is 16.5. The van der Waals surface area contributed by atoms with Crippen molar-refractivity contribution in [2.24, 2.45) is 16.2 Å². The van der Waals surface area contributed by atoms with E-state index in [0.29, 0.717) is 39.1 Å². The van der Waals surface area contributed by atoms with Gasteiger partial charge in [0.15, 0.2) is 0 Å². The van der Waals surface area contributed by atoms with Crippen LogP contribution in [-0.4, -0.2) is 38.1 Å². The van der Waals surface area contributed by atoms with Crippen LogP contribution in [0, 0.1) is 16.2 Å². The number of carbonyl (C=O) groups is 2. The molecule has 1 saturated heterocycles. The Balaban J connectivity index is 2.70. The topological polar surface area (TPSA) is 67.4 Å². The summed E-state index contributed by atoms with van der Waals surface area (Å²) in [6.45, 7) is 14.8. The van der Waals surface area contributed by atoms with E-state index in [1.807, 2.05) is 0 Å². The molecule has 5 heteroatoms. The molecular weight excluding hydrogens is 292 g/mol. The molecule has 0 atom stereocenters. The molecule has 1 fully saturated rings. The summed E-state index contributed by atoms with van der Waals surface area (Å²) in [5, 5.41) is 6.00. The van der Waals surface area contributed by atoms with Crippen LogP contribution in [0.15, 0.2) is 0 Å². The summed E-state index contributed by atoms with van der Waals surface area (Å²) in [5.74, 6) is -0.0608. The maximum absolute atomic E-state index is 12.8. The Morgan fingerprint density at radius 3 is 1.87 bits per heavy atom. The van der Waals surface area contributed by atoms with Crippen molar-refractivity contribution in [3.63, 3.8) is 0 Å². The van der Waals surface area contributed by atoms with Gasteiger partial charge in [-0.15, -0.1) is 0 Å². The van der Waals surface area contributed by atoms with Gasteiger partial charge in [0.25, 0.3) is 0 Å². The molecule has 0 aromatic heterocycles. The van der Waals surface area contributed by atoms with Crippen molar-refractivity contribution in [3.05, 3.63) is 0 Å². The predicted octanol–water partition coefficient (Wildman–Crippen LogP) is 2.50. The van der Waals surface area contributed by atoms with E-state index < -0.39 is 5.41 Å². The van der Waals surface area contributed by atoms with Gasteiger partial charge < -0.3 is 15.4 Å². The average Bonchev–Trinajstić information content (AvgIpc) is 2.42. The lowest BCUT2D eigenvalue weighted by atomic mass is 9.75. The fourth-order valence-corrected chi connectivity index (χ4v) is 2.51. The molecule has 1 rings (SSSR count). The maximum atomic E-state index is 12.8. The monoisotopic (exact) mass is 326 g/mol. The van der Waals surface area contributed by atoms with Crippen molar-refractivity contribution in [3.8, 4) is 0 Å². The summed E-state index contributed by atoms with van der Waals surface area (Å²) >= 11 is 0. The van der Waals surface area contributed by atoms with Crippen molar-refractivity contribution in [2.45, 2.75) is 60.8 Å². The molecule has 0 radical (unpaired) electrons. The molecule has 0 aromatic rings. The molecular formula is C18H34N2O3. The van der Waals surface area contributed by atoms with Crippen LogP contribution >= 0.6 is 0 Å². The molecule has 1 aliphatic rings. The second-order valence-electron chi connectivity index (χ2n) is 9.15. The van der Waals surface area contributed by atoms with Crippen LogP contribution in [0.3, 0.4) is 0 Å². The Bertz CT molecular complexity index is 413. The maximum Gasteiger partial charge on any atom is 0.226 e. The molecule has 2 amide bonds. The first-order valence-corrected chi connectivity index (χ1v) is 8.56. The predicted molar refractivity (Wildman–Crippen MR) is 92.0 cm³/mol. The van der Waals surface area contributed by atoms with Crippen LogP contribution < -0.4 is 10.6 Å². The summed E-state index contributed by atoms with van der Waals surface area (Å²) in [7, 11) is 0. The summed E-state index contributed by atoms with van der Waals surface area (Å²) < 4.78 is 5.40. The van der Waals surface area contributed by atoms with Crippen LogP contribution in [0.25, 0.3) is 0 Å². The van der Waals surface area contributed by atoms with Crippen molar-refractivity contribution in [2.75, 3.05) is 26.3 Å². The van der Waals surface area contributed by atoms with Crippen LogP contribution in [0.5, 0.6) is 0 Å². The van der Waals surface area contributed by atoms with Gasteiger partial charge in [0.05, 0.1) is 5.41 Å². The minimum absolute atomic E-state index is 0.0124. The molecule has 134 valence electrons. The van der Waals surface area contributed by atoms with E-state index in [-0.39, 0.29) is 29.1 Å². The second kappa shape index (κ2) is 7.65. The van der Waals surface area contributed by atoms with Crippen molar-refractivity contribution in [1.29, 1.82) is 0 Å². The van der Waals surface area contributed by atoms with E-state index in [0.717, 1.165) is 0 Å². The largest absolute Gasteiger partial charge is 0.381 e. The quantitative estimate of drug-likeness (QED) is 0.816. The Kier molecular flexibility index (Phi) is 6.63. The molecule has 0 bridgehead atoms. The molecule has 23 heavy (non-hydrogen) atoms. The van der Waals surface area contributed by atoms with Gasteiger partial charge in [-0.2, -0.15) is 0 Å². The summed E-state index contributed by atoms with van der Waals surface area (Å²) in [6, 6.07) is 0. The molecule has 0 unspecified atom stereocenters. The van der Waals surface area contributed by atoms with E-state index >= 15 is 0 Å². The molecule has 0 spiro atoms. The first-order chi connectivity index (χ1) is 10.4. The third-order valence-electron chi connectivity index (χ3n) is 4.03. The van der Waals surface area contributed by atoms with Gasteiger partial charge in [0.2, 0.25) is 11.8 Å². The van der Waals surface area contributed by atoms with Gasteiger partial charge in [-0.1, -0.05) is 41.5 Å². The molecule has 0 saturated carbocycles. The molecule has 1 heterocycles. The van der Waals surface area contributed by atoms with E-state index in [2.05, 4.69) is 52.2 Å². The lowest BCUT2D eigenvalue weighted by Gasteiger charge is -2.36. The Labute approximate surface area is 140 Å². The standard InChI is InChI=1S/C18H34N2O3/c1-16(2,3)12-19-14(21)11-18(7-9-23-10-8-18)15(22)20-13-17(4,5)6/h7-13H2,1-6H3,(H,19,21)(H,20,22). The van der Waals surface area contributed by atoms with Gasteiger partial charge in [0.1, 0.15) is 0 Å². The van der Waals surface area contributed by atoms with E-state index in [4.69, 9.17) is 4.74 Å².